The summed E-state index contributed by atoms with van der Waals surface area (Å²) in [5, 5.41) is 9.22. The number of rotatable bonds is 3. The summed E-state index contributed by atoms with van der Waals surface area (Å²) in [4.78, 5) is 0. The van der Waals surface area contributed by atoms with E-state index >= 15 is 0 Å². The largest absolute Gasteiger partial charge is 0.403 e. The van der Waals surface area contributed by atoms with Crippen LogP contribution < -0.4 is 5.73 Å². The van der Waals surface area contributed by atoms with E-state index in [1.807, 2.05) is 0 Å². The third kappa shape index (κ3) is 3.55. The van der Waals surface area contributed by atoms with Gasteiger partial charge in [0.2, 0.25) is 0 Å². The van der Waals surface area contributed by atoms with Crippen LogP contribution in [0.2, 0.25) is 5.02 Å². The molecule has 0 saturated carbocycles. The van der Waals surface area contributed by atoms with Crippen molar-refractivity contribution >= 4 is 11.6 Å². The molecule has 1 aromatic carbocycles. The van der Waals surface area contributed by atoms with Crippen molar-refractivity contribution in [3.63, 3.8) is 0 Å². The van der Waals surface area contributed by atoms with Gasteiger partial charge in [-0.05, 0) is 6.07 Å². The maximum absolute atomic E-state index is 13.4. The van der Waals surface area contributed by atoms with Gasteiger partial charge in [-0.25, -0.2) is 4.39 Å². The molecule has 2 atom stereocenters. The first-order chi connectivity index (χ1) is 7.73. The number of aliphatic hydroxyl groups is 1. The van der Waals surface area contributed by atoms with Gasteiger partial charge in [0.1, 0.15) is 11.9 Å². The van der Waals surface area contributed by atoms with Gasteiger partial charge in [0.25, 0.3) is 0 Å². The van der Waals surface area contributed by atoms with Crippen molar-refractivity contribution < 1.29 is 22.7 Å². The van der Waals surface area contributed by atoms with E-state index in [1.165, 1.54) is 12.1 Å². The minimum absolute atomic E-state index is 0.262. The molecular formula is C10H10ClF4NO. The zero-order chi connectivity index (χ0) is 13.2. The highest BCUT2D eigenvalue weighted by Gasteiger charge is 2.38. The fraction of sp³-hybridized carbons (Fsp3) is 0.400. The normalized spacial score (nSPS) is 15.7. The molecule has 0 radical (unpaired) electrons. The molecule has 0 spiro atoms. The third-order valence-electron chi connectivity index (χ3n) is 2.24. The second-order valence-corrected chi connectivity index (χ2v) is 3.95. The van der Waals surface area contributed by atoms with Crippen molar-refractivity contribution in [2.24, 2.45) is 5.73 Å². The Morgan fingerprint density at radius 1 is 1.35 bits per heavy atom. The van der Waals surface area contributed by atoms with E-state index in [0.717, 1.165) is 6.07 Å². The summed E-state index contributed by atoms with van der Waals surface area (Å²) in [7, 11) is 0. The molecule has 0 aliphatic heterocycles. The fourth-order valence-corrected chi connectivity index (χ4v) is 1.46. The lowest BCUT2D eigenvalue weighted by Crippen LogP contribution is -2.38. The second kappa shape index (κ2) is 5.20. The molecule has 0 aliphatic carbocycles. The first-order valence-corrected chi connectivity index (χ1v) is 5.05. The molecule has 0 bridgehead atoms. The van der Waals surface area contributed by atoms with Gasteiger partial charge in [0.05, 0.1) is 11.1 Å². The van der Waals surface area contributed by atoms with Gasteiger partial charge >= 0.3 is 6.18 Å². The molecule has 0 aliphatic rings. The lowest BCUT2D eigenvalue weighted by atomic mass is 10.0. The van der Waals surface area contributed by atoms with Gasteiger partial charge in [-0.3, -0.25) is 0 Å². The smallest absolute Gasteiger partial charge is 0.388 e. The van der Waals surface area contributed by atoms with E-state index in [-0.39, 0.29) is 10.6 Å². The molecule has 1 rings (SSSR count). The quantitative estimate of drug-likeness (QED) is 0.831. The Morgan fingerprint density at radius 3 is 2.47 bits per heavy atom. The number of nitrogens with two attached hydrogens (primary N) is 1. The number of hydrogen-bond acceptors (Lipinski definition) is 2. The van der Waals surface area contributed by atoms with Crippen LogP contribution in [0.5, 0.6) is 0 Å². The Morgan fingerprint density at radius 2 is 1.94 bits per heavy atom. The monoisotopic (exact) mass is 271 g/mol. The molecule has 0 saturated heterocycles. The van der Waals surface area contributed by atoms with Gasteiger partial charge in [0, 0.05) is 12.0 Å². The molecule has 96 valence electrons. The summed E-state index contributed by atoms with van der Waals surface area (Å²) in [6.07, 6.45) is -7.10. The standard InChI is InChI=1S/C10H10ClF4NO/c11-6-3-1-2-5(9(6)12)7(17)4-8(16)10(13,14)15/h1-3,7-8,17H,4,16H2/t7-,8-/m0/s1. The van der Waals surface area contributed by atoms with E-state index < -0.39 is 30.6 Å². The number of aliphatic hydroxyl groups excluding tert-OH is 1. The SMILES string of the molecule is N[C@@H](C[C@H](O)c1cccc(Cl)c1F)C(F)(F)F. The van der Waals surface area contributed by atoms with E-state index in [9.17, 15) is 22.7 Å². The average molecular weight is 272 g/mol. The van der Waals surface area contributed by atoms with E-state index in [2.05, 4.69) is 0 Å². The molecule has 0 fully saturated rings. The third-order valence-corrected chi connectivity index (χ3v) is 2.53. The van der Waals surface area contributed by atoms with Crippen LogP contribution in [0.1, 0.15) is 18.1 Å². The summed E-state index contributed by atoms with van der Waals surface area (Å²) >= 11 is 5.44. The zero-order valence-electron chi connectivity index (χ0n) is 8.51. The highest BCUT2D eigenvalue weighted by molar-refractivity contribution is 6.30. The van der Waals surface area contributed by atoms with Crippen LogP contribution in [-0.2, 0) is 0 Å². The number of alkyl halides is 3. The van der Waals surface area contributed by atoms with Gasteiger partial charge in [-0.15, -0.1) is 0 Å². The van der Waals surface area contributed by atoms with Crippen molar-refractivity contribution in [1.82, 2.24) is 0 Å². The van der Waals surface area contributed by atoms with E-state index in [0.29, 0.717) is 0 Å². The Kier molecular flexibility index (Phi) is 4.35. The molecule has 0 aromatic heterocycles. The average Bonchev–Trinajstić information content (AvgIpc) is 2.20. The van der Waals surface area contributed by atoms with Gasteiger partial charge < -0.3 is 10.8 Å². The predicted molar refractivity (Wildman–Crippen MR) is 55.0 cm³/mol. The lowest BCUT2D eigenvalue weighted by Gasteiger charge is -2.19. The Labute approximate surface area is 100.0 Å². The molecule has 17 heavy (non-hydrogen) atoms. The van der Waals surface area contributed by atoms with Gasteiger partial charge in [-0.2, -0.15) is 13.2 Å². The van der Waals surface area contributed by atoms with Gasteiger partial charge in [-0.1, -0.05) is 23.7 Å². The van der Waals surface area contributed by atoms with E-state index in [4.69, 9.17) is 17.3 Å². The maximum atomic E-state index is 13.4. The van der Waals surface area contributed by atoms with Crippen molar-refractivity contribution in [1.29, 1.82) is 0 Å². The predicted octanol–water partition coefficient (Wildman–Crippen LogP) is 2.79. The van der Waals surface area contributed by atoms with Crippen molar-refractivity contribution in [3.05, 3.63) is 34.6 Å². The number of benzene rings is 1. The van der Waals surface area contributed by atoms with Crippen LogP contribution in [0, 0.1) is 5.82 Å². The second-order valence-electron chi connectivity index (χ2n) is 3.54. The van der Waals surface area contributed by atoms with Crippen LogP contribution >= 0.6 is 11.6 Å². The highest BCUT2D eigenvalue weighted by atomic mass is 35.5. The molecule has 2 nitrogen and oxygen atoms in total. The van der Waals surface area contributed by atoms with Crippen LogP contribution in [0.3, 0.4) is 0 Å². The van der Waals surface area contributed by atoms with Crippen molar-refractivity contribution in [2.75, 3.05) is 0 Å². The summed E-state index contributed by atoms with van der Waals surface area (Å²) in [5.74, 6) is -0.934. The summed E-state index contributed by atoms with van der Waals surface area (Å²) in [6.45, 7) is 0. The first-order valence-electron chi connectivity index (χ1n) is 4.67. The molecule has 3 N–H and O–H groups in total. The molecular weight excluding hydrogens is 262 g/mol. The fourth-order valence-electron chi connectivity index (χ4n) is 1.28. The Bertz CT molecular complexity index is 396. The van der Waals surface area contributed by atoms with E-state index in [1.54, 1.807) is 0 Å². The molecule has 1 aromatic rings. The van der Waals surface area contributed by atoms with Crippen molar-refractivity contribution in [3.8, 4) is 0 Å². The zero-order valence-corrected chi connectivity index (χ0v) is 9.26. The van der Waals surface area contributed by atoms with Crippen LogP contribution in [0.15, 0.2) is 18.2 Å². The Balaban J connectivity index is 2.84. The molecule has 7 heteroatoms. The summed E-state index contributed by atoms with van der Waals surface area (Å²) < 4.78 is 49.8. The minimum Gasteiger partial charge on any atom is -0.388 e. The lowest BCUT2D eigenvalue weighted by molar-refractivity contribution is -0.154. The van der Waals surface area contributed by atoms with Crippen LogP contribution in [0.25, 0.3) is 0 Å². The summed E-state index contributed by atoms with van der Waals surface area (Å²) in [5.41, 5.74) is 4.54. The Hall–Kier alpha value is -0.850. The number of hydrogen-bond donors (Lipinski definition) is 2. The first kappa shape index (κ1) is 14.2. The van der Waals surface area contributed by atoms with Gasteiger partial charge in [0.15, 0.2) is 0 Å². The molecule has 0 unspecified atom stereocenters. The van der Waals surface area contributed by atoms with Crippen LogP contribution in [-0.4, -0.2) is 17.3 Å². The highest BCUT2D eigenvalue weighted by Crippen LogP contribution is 2.29. The maximum Gasteiger partial charge on any atom is 0.403 e. The molecule has 0 amide bonds. The minimum atomic E-state index is -4.63. The summed E-state index contributed by atoms with van der Waals surface area (Å²) in [6, 6.07) is 1.52. The molecule has 0 heterocycles. The topological polar surface area (TPSA) is 46.2 Å². The van der Waals surface area contributed by atoms with Crippen LogP contribution in [0.4, 0.5) is 17.6 Å². The number of halogens is 5. The van der Waals surface area contributed by atoms with Crippen molar-refractivity contribution in [2.45, 2.75) is 24.7 Å².